The lowest BCUT2D eigenvalue weighted by Crippen LogP contribution is -2.39. The van der Waals surface area contributed by atoms with E-state index < -0.39 is 5.60 Å². The molecule has 1 unspecified atom stereocenters. The third-order valence-electron chi connectivity index (χ3n) is 3.62. The second kappa shape index (κ2) is 9.93. The number of rotatable bonds is 10. The van der Waals surface area contributed by atoms with Crippen LogP contribution in [0.3, 0.4) is 0 Å². The van der Waals surface area contributed by atoms with Crippen LogP contribution in [0, 0.1) is 0 Å². The van der Waals surface area contributed by atoms with Gasteiger partial charge in [0.25, 0.3) is 0 Å². The Balaban J connectivity index is 2.43. The summed E-state index contributed by atoms with van der Waals surface area (Å²) >= 11 is 0. The first kappa shape index (κ1) is 22.5. The molecule has 0 aliphatic rings. The molecule has 148 valence electrons. The smallest absolute Gasteiger partial charge is 0.233 e. The molecule has 1 aromatic rings. The predicted molar refractivity (Wildman–Crippen MR) is 106 cm³/mol. The molecule has 5 nitrogen and oxygen atoms in total. The Morgan fingerprint density at radius 1 is 1.12 bits per heavy atom. The Labute approximate surface area is 159 Å². The molecule has 0 spiro atoms. The number of benzene rings is 1. The Kier molecular flexibility index (Phi) is 8.57. The molecule has 1 amide bonds. The summed E-state index contributed by atoms with van der Waals surface area (Å²) < 4.78 is 5.78. The summed E-state index contributed by atoms with van der Waals surface area (Å²) in [6.07, 6.45) is 2.44. The summed E-state index contributed by atoms with van der Waals surface area (Å²) in [4.78, 5) is 17.0. The predicted octanol–water partition coefficient (Wildman–Crippen LogP) is 3.96. The first-order valence-electron chi connectivity index (χ1n) is 9.40. The standard InChI is InChI=1S/C21H36N2O3/c1-17(23(16-24)26-21(5,6)7)15-18-9-11-19(12-10-18)25-14-8-13-22-20(2,3)4/h9-12,16-17,22H,8,13-15H2,1-7H3. The van der Waals surface area contributed by atoms with E-state index in [-0.39, 0.29) is 11.6 Å². The minimum Gasteiger partial charge on any atom is -0.494 e. The van der Waals surface area contributed by atoms with Crippen molar-refractivity contribution in [3.63, 3.8) is 0 Å². The van der Waals surface area contributed by atoms with E-state index in [1.165, 1.54) is 5.06 Å². The molecular formula is C21H36N2O3. The van der Waals surface area contributed by atoms with Crippen LogP contribution >= 0.6 is 0 Å². The molecule has 0 aliphatic heterocycles. The number of amides is 1. The van der Waals surface area contributed by atoms with Crippen LogP contribution in [-0.4, -0.2) is 41.8 Å². The molecule has 26 heavy (non-hydrogen) atoms. The molecule has 0 heterocycles. The van der Waals surface area contributed by atoms with Crippen LogP contribution in [0.15, 0.2) is 24.3 Å². The minimum atomic E-state index is -0.394. The summed E-state index contributed by atoms with van der Waals surface area (Å²) in [5.74, 6) is 0.871. The highest BCUT2D eigenvalue weighted by atomic mass is 16.7. The van der Waals surface area contributed by atoms with E-state index >= 15 is 0 Å². The second-order valence-electron chi connectivity index (χ2n) is 8.74. The van der Waals surface area contributed by atoms with Crippen LogP contribution in [0.4, 0.5) is 0 Å². The minimum absolute atomic E-state index is 0.0398. The van der Waals surface area contributed by atoms with Crippen LogP contribution in [-0.2, 0) is 16.1 Å². The summed E-state index contributed by atoms with van der Waals surface area (Å²) in [6, 6.07) is 8.00. The summed E-state index contributed by atoms with van der Waals surface area (Å²) in [6.45, 7) is 15.9. The SMILES string of the molecule is CC(Cc1ccc(OCCCNC(C)(C)C)cc1)N(C=O)OC(C)(C)C. The number of hydrogen-bond acceptors (Lipinski definition) is 4. The second-order valence-corrected chi connectivity index (χ2v) is 8.74. The van der Waals surface area contributed by atoms with Crippen molar-refractivity contribution in [3.05, 3.63) is 29.8 Å². The van der Waals surface area contributed by atoms with Gasteiger partial charge in [0.05, 0.1) is 18.2 Å². The van der Waals surface area contributed by atoms with Crippen LogP contribution in [0.2, 0.25) is 0 Å². The quantitative estimate of drug-likeness (QED) is 0.388. The molecule has 0 saturated carbocycles. The number of hydroxylamine groups is 2. The monoisotopic (exact) mass is 364 g/mol. The van der Waals surface area contributed by atoms with Gasteiger partial charge in [0.15, 0.2) is 0 Å². The average Bonchev–Trinajstić information content (AvgIpc) is 2.52. The zero-order valence-corrected chi connectivity index (χ0v) is 17.5. The van der Waals surface area contributed by atoms with Gasteiger partial charge >= 0.3 is 0 Å². The van der Waals surface area contributed by atoms with Crippen molar-refractivity contribution in [3.8, 4) is 5.75 Å². The number of hydrogen-bond donors (Lipinski definition) is 1. The Hall–Kier alpha value is -1.59. The number of nitrogens with zero attached hydrogens (tertiary/aromatic N) is 1. The van der Waals surface area contributed by atoms with Crippen molar-refractivity contribution >= 4 is 6.41 Å². The first-order chi connectivity index (χ1) is 12.0. The summed E-state index contributed by atoms with van der Waals surface area (Å²) in [5, 5.41) is 4.84. The number of ether oxygens (including phenoxy) is 1. The van der Waals surface area contributed by atoms with Crippen LogP contribution in [0.1, 0.15) is 60.5 Å². The topological polar surface area (TPSA) is 50.8 Å². The zero-order chi connectivity index (χ0) is 19.8. The van der Waals surface area contributed by atoms with E-state index in [0.717, 1.165) is 37.1 Å². The maximum Gasteiger partial charge on any atom is 0.233 e. The summed E-state index contributed by atoms with van der Waals surface area (Å²) in [7, 11) is 0. The Bertz CT molecular complexity index is 530. The molecule has 0 aliphatic carbocycles. The third-order valence-corrected chi connectivity index (χ3v) is 3.62. The molecule has 0 saturated heterocycles. The maximum absolute atomic E-state index is 11.3. The molecule has 1 aromatic carbocycles. The van der Waals surface area contributed by atoms with Crippen LogP contribution in [0.25, 0.3) is 0 Å². The van der Waals surface area contributed by atoms with Crippen molar-refractivity contribution < 1.29 is 14.4 Å². The van der Waals surface area contributed by atoms with Crippen molar-refractivity contribution in [1.82, 2.24) is 10.4 Å². The van der Waals surface area contributed by atoms with Crippen LogP contribution in [0.5, 0.6) is 5.75 Å². The lowest BCUT2D eigenvalue weighted by atomic mass is 10.1. The molecule has 0 radical (unpaired) electrons. The van der Waals surface area contributed by atoms with Crippen molar-refractivity contribution in [2.24, 2.45) is 0 Å². The zero-order valence-electron chi connectivity index (χ0n) is 17.5. The summed E-state index contributed by atoms with van der Waals surface area (Å²) in [5.41, 5.74) is 0.891. The molecule has 5 heteroatoms. The maximum atomic E-state index is 11.3. The lowest BCUT2D eigenvalue weighted by Gasteiger charge is -2.31. The lowest BCUT2D eigenvalue weighted by molar-refractivity contribution is -0.229. The molecule has 0 bridgehead atoms. The molecule has 0 fully saturated rings. The van der Waals surface area contributed by atoms with Crippen molar-refractivity contribution in [2.75, 3.05) is 13.2 Å². The highest BCUT2D eigenvalue weighted by Crippen LogP contribution is 2.17. The van der Waals surface area contributed by atoms with Crippen molar-refractivity contribution in [2.45, 2.75) is 78.5 Å². The first-order valence-corrected chi connectivity index (χ1v) is 9.40. The van der Waals surface area contributed by atoms with E-state index in [4.69, 9.17) is 9.57 Å². The van der Waals surface area contributed by atoms with E-state index in [2.05, 4.69) is 26.1 Å². The van der Waals surface area contributed by atoms with Gasteiger partial charge in [-0.15, -0.1) is 0 Å². The third kappa shape index (κ3) is 9.78. The van der Waals surface area contributed by atoms with E-state index in [1.807, 2.05) is 52.0 Å². The largest absolute Gasteiger partial charge is 0.494 e. The van der Waals surface area contributed by atoms with E-state index in [0.29, 0.717) is 6.61 Å². The van der Waals surface area contributed by atoms with E-state index in [9.17, 15) is 4.79 Å². The highest BCUT2D eigenvalue weighted by molar-refractivity contribution is 5.46. The van der Waals surface area contributed by atoms with Gasteiger partial charge in [-0.3, -0.25) is 9.63 Å². The van der Waals surface area contributed by atoms with Gasteiger partial charge < -0.3 is 10.1 Å². The number of carbonyl (C=O) groups is 1. The molecule has 1 atom stereocenters. The Morgan fingerprint density at radius 3 is 2.23 bits per heavy atom. The average molecular weight is 365 g/mol. The van der Waals surface area contributed by atoms with E-state index in [1.54, 1.807) is 0 Å². The molecule has 0 aromatic heterocycles. The molecular weight excluding hydrogens is 328 g/mol. The normalized spacial score (nSPS) is 13.3. The highest BCUT2D eigenvalue weighted by Gasteiger charge is 2.20. The molecule has 1 rings (SSSR count). The van der Waals surface area contributed by atoms with Crippen LogP contribution < -0.4 is 10.1 Å². The van der Waals surface area contributed by atoms with Gasteiger partial charge in [-0.1, -0.05) is 12.1 Å². The Morgan fingerprint density at radius 2 is 1.73 bits per heavy atom. The van der Waals surface area contributed by atoms with Gasteiger partial charge in [0, 0.05) is 5.54 Å². The fraction of sp³-hybridized carbons (Fsp3) is 0.667. The van der Waals surface area contributed by atoms with Gasteiger partial charge in [-0.05, 0) is 85.5 Å². The fourth-order valence-corrected chi connectivity index (χ4v) is 2.41. The number of carbonyl (C=O) groups excluding carboxylic acids is 1. The van der Waals surface area contributed by atoms with Gasteiger partial charge in [0.1, 0.15) is 5.75 Å². The van der Waals surface area contributed by atoms with Gasteiger partial charge in [-0.25, -0.2) is 5.06 Å². The van der Waals surface area contributed by atoms with Crippen molar-refractivity contribution in [1.29, 1.82) is 0 Å². The van der Waals surface area contributed by atoms with Gasteiger partial charge in [-0.2, -0.15) is 0 Å². The molecule has 1 N–H and O–H groups in total. The fourth-order valence-electron chi connectivity index (χ4n) is 2.41. The van der Waals surface area contributed by atoms with Gasteiger partial charge in [0.2, 0.25) is 6.41 Å². The number of nitrogens with one attached hydrogen (secondary N) is 1.